The molecule has 142 valence electrons. The van der Waals surface area contributed by atoms with Crippen molar-refractivity contribution in [2.45, 2.75) is 40.5 Å². The normalized spacial score (nSPS) is 11.2. The molecule has 0 fully saturated rings. The van der Waals surface area contributed by atoms with Crippen molar-refractivity contribution in [2.24, 2.45) is 11.8 Å². The average molecular weight is 359 g/mol. The summed E-state index contributed by atoms with van der Waals surface area (Å²) in [6, 6.07) is 7.51. The molecule has 1 amide bonds. The van der Waals surface area contributed by atoms with Crippen molar-refractivity contribution in [3.63, 3.8) is 0 Å². The Morgan fingerprint density at radius 2 is 1.85 bits per heavy atom. The van der Waals surface area contributed by atoms with Crippen LogP contribution in [0.5, 0.6) is 5.75 Å². The van der Waals surface area contributed by atoms with E-state index in [0.29, 0.717) is 42.9 Å². The maximum atomic E-state index is 12.4. The molecule has 0 aliphatic carbocycles. The molecule has 0 radical (unpaired) electrons. The van der Waals surface area contributed by atoms with Crippen LogP contribution >= 0.6 is 0 Å². The highest BCUT2D eigenvalue weighted by Gasteiger charge is 2.18. The van der Waals surface area contributed by atoms with Crippen molar-refractivity contribution >= 4 is 5.91 Å². The number of hydrogen-bond acceptors (Lipinski definition) is 5. The van der Waals surface area contributed by atoms with E-state index in [9.17, 15) is 4.79 Å². The molecule has 0 aliphatic rings. The van der Waals surface area contributed by atoms with Gasteiger partial charge >= 0.3 is 0 Å². The van der Waals surface area contributed by atoms with Gasteiger partial charge in [0.2, 0.25) is 17.6 Å². The van der Waals surface area contributed by atoms with Gasteiger partial charge in [-0.15, -0.1) is 0 Å². The second kappa shape index (κ2) is 9.36. The number of ether oxygens (including phenoxy) is 1. The lowest BCUT2D eigenvalue weighted by molar-refractivity contribution is -0.132. The summed E-state index contributed by atoms with van der Waals surface area (Å²) in [6.07, 6.45) is 1.12. The Labute approximate surface area is 155 Å². The van der Waals surface area contributed by atoms with Crippen LogP contribution in [0, 0.1) is 11.8 Å². The van der Waals surface area contributed by atoms with Gasteiger partial charge < -0.3 is 14.2 Å². The summed E-state index contributed by atoms with van der Waals surface area (Å²) in [5.74, 6) is 2.83. The molecule has 0 saturated heterocycles. The molecule has 0 bridgehead atoms. The first-order valence-electron chi connectivity index (χ1n) is 9.13. The topological polar surface area (TPSA) is 68.5 Å². The number of nitrogens with zero attached hydrogens (tertiary/aromatic N) is 3. The summed E-state index contributed by atoms with van der Waals surface area (Å²) in [6.45, 7) is 9.68. The molecule has 2 rings (SSSR count). The lowest BCUT2D eigenvalue weighted by atomic mass is 10.1. The molecule has 6 nitrogen and oxygen atoms in total. The Balaban J connectivity index is 2.00. The van der Waals surface area contributed by atoms with Gasteiger partial charge in [-0.25, -0.2) is 0 Å². The van der Waals surface area contributed by atoms with Crippen LogP contribution in [0.15, 0.2) is 28.8 Å². The zero-order chi connectivity index (χ0) is 19.1. The SMILES string of the molecule is COc1ccc(-c2noc(CCN(CC(C)C)C(=O)CC(C)C)n2)cc1. The van der Waals surface area contributed by atoms with Crippen LogP contribution in [0.25, 0.3) is 11.4 Å². The third-order valence-electron chi connectivity index (χ3n) is 3.93. The summed E-state index contributed by atoms with van der Waals surface area (Å²) >= 11 is 0. The van der Waals surface area contributed by atoms with Crippen LogP contribution < -0.4 is 4.74 Å². The van der Waals surface area contributed by atoms with Crippen molar-refractivity contribution in [1.29, 1.82) is 0 Å². The lowest BCUT2D eigenvalue weighted by Crippen LogP contribution is -2.36. The van der Waals surface area contributed by atoms with Gasteiger partial charge in [0.25, 0.3) is 0 Å². The number of rotatable bonds is 9. The van der Waals surface area contributed by atoms with Gasteiger partial charge in [0.15, 0.2) is 0 Å². The number of methoxy groups -OCH3 is 1. The van der Waals surface area contributed by atoms with Gasteiger partial charge in [-0.1, -0.05) is 32.9 Å². The first-order valence-corrected chi connectivity index (χ1v) is 9.13. The van der Waals surface area contributed by atoms with Crippen LogP contribution in [0.4, 0.5) is 0 Å². The molecule has 0 aliphatic heterocycles. The van der Waals surface area contributed by atoms with E-state index in [2.05, 4.69) is 37.8 Å². The van der Waals surface area contributed by atoms with E-state index in [1.165, 1.54) is 0 Å². The predicted molar refractivity (Wildman–Crippen MR) is 101 cm³/mol. The average Bonchev–Trinajstić information content (AvgIpc) is 3.06. The number of amides is 1. The molecule has 0 unspecified atom stereocenters. The monoisotopic (exact) mass is 359 g/mol. The van der Waals surface area contributed by atoms with E-state index in [4.69, 9.17) is 9.26 Å². The van der Waals surface area contributed by atoms with Gasteiger partial charge in [-0.3, -0.25) is 4.79 Å². The zero-order valence-electron chi connectivity index (χ0n) is 16.4. The lowest BCUT2D eigenvalue weighted by Gasteiger charge is -2.24. The van der Waals surface area contributed by atoms with Crippen molar-refractivity contribution in [3.8, 4) is 17.1 Å². The van der Waals surface area contributed by atoms with E-state index >= 15 is 0 Å². The molecule has 6 heteroatoms. The highest BCUT2D eigenvalue weighted by Crippen LogP contribution is 2.20. The molecular formula is C20H29N3O3. The first-order chi connectivity index (χ1) is 12.4. The molecular weight excluding hydrogens is 330 g/mol. The van der Waals surface area contributed by atoms with Crippen LogP contribution in [-0.4, -0.2) is 41.1 Å². The number of carbonyl (C=O) groups is 1. The molecule has 1 aromatic carbocycles. The molecule has 0 atom stereocenters. The standard InChI is InChI=1S/C20H29N3O3/c1-14(2)12-19(24)23(13-15(3)4)11-10-18-21-20(22-26-18)16-6-8-17(25-5)9-7-16/h6-9,14-15H,10-13H2,1-5H3. The second-order valence-electron chi connectivity index (χ2n) is 7.32. The molecule has 26 heavy (non-hydrogen) atoms. The predicted octanol–water partition coefficient (Wildman–Crippen LogP) is 3.82. The number of carbonyl (C=O) groups excluding carboxylic acids is 1. The minimum Gasteiger partial charge on any atom is -0.497 e. The third kappa shape index (κ3) is 5.86. The summed E-state index contributed by atoms with van der Waals surface area (Å²) in [5.41, 5.74) is 0.871. The quantitative estimate of drug-likeness (QED) is 0.681. The van der Waals surface area contributed by atoms with Crippen molar-refractivity contribution < 1.29 is 14.1 Å². The molecule has 2 aromatic rings. The van der Waals surface area contributed by atoms with E-state index < -0.39 is 0 Å². The molecule has 0 saturated carbocycles. The fraction of sp³-hybridized carbons (Fsp3) is 0.550. The van der Waals surface area contributed by atoms with E-state index in [0.717, 1.165) is 17.9 Å². The summed E-state index contributed by atoms with van der Waals surface area (Å²) in [7, 11) is 1.63. The Bertz CT molecular complexity index is 693. The Morgan fingerprint density at radius 3 is 2.42 bits per heavy atom. The van der Waals surface area contributed by atoms with Crippen molar-refractivity contribution in [1.82, 2.24) is 15.0 Å². The zero-order valence-corrected chi connectivity index (χ0v) is 16.4. The summed E-state index contributed by atoms with van der Waals surface area (Å²) in [5, 5.41) is 4.04. The maximum Gasteiger partial charge on any atom is 0.228 e. The number of aromatic nitrogens is 2. The van der Waals surface area contributed by atoms with Crippen LogP contribution in [0.3, 0.4) is 0 Å². The minimum absolute atomic E-state index is 0.184. The maximum absolute atomic E-state index is 12.4. The van der Waals surface area contributed by atoms with Crippen molar-refractivity contribution in [3.05, 3.63) is 30.2 Å². The van der Waals surface area contributed by atoms with Crippen LogP contribution in [0.1, 0.15) is 40.0 Å². The van der Waals surface area contributed by atoms with Crippen molar-refractivity contribution in [2.75, 3.05) is 20.2 Å². The largest absolute Gasteiger partial charge is 0.497 e. The van der Waals surface area contributed by atoms with Gasteiger partial charge in [-0.05, 0) is 36.1 Å². The fourth-order valence-corrected chi connectivity index (χ4v) is 2.68. The second-order valence-corrected chi connectivity index (χ2v) is 7.32. The summed E-state index contributed by atoms with van der Waals surface area (Å²) < 4.78 is 10.5. The van der Waals surface area contributed by atoms with E-state index in [-0.39, 0.29) is 5.91 Å². The van der Waals surface area contributed by atoms with Crippen LogP contribution in [-0.2, 0) is 11.2 Å². The highest BCUT2D eigenvalue weighted by atomic mass is 16.5. The Hall–Kier alpha value is -2.37. The number of hydrogen-bond donors (Lipinski definition) is 0. The Kier molecular flexibility index (Phi) is 7.18. The summed E-state index contributed by atoms with van der Waals surface area (Å²) in [4.78, 5) is 18.8. The minimum atomic E-state index is 0.184. The van der Waals surface area contributed by atoms with E-state index in [1.54, 1.807) is 7.11 Å². The highest BCUT2D eigenvalue weighted by molar-refractivity contribution is 5.76. The van der Waals surface area contributed by atoms with Crippen LogP contribution in [0.2, 0.25) is 0 Å². The van der Waals surface area contributed by atoms with Gasteiger partial charge in [0, 0.05) is 31.5 Å². The fourth-order valence-electron chi connectivity index (χ4n) is 2.68. The van der Waals surface area contributed by atoms with Gasteiger partial charge in [-0.2, -0.15) is 4.98 Å². The van der Waals surface area contributed by atoms with Gasteiger partial charge in [0.05, 0.1) is 7.11 Å². The Morgan fingerprint density at radius 1 is 1.15 bits per heavy atom. The molecule has 1 heterocycles. The first kappa shape index (κ1) is 19.9. The number of benzene rings is 1. The molecule has 0 spiro atoms. The molecule has 0 N–H and O–H groups in total. The van der Waals surface area contributed by atoms with E-state index in [1.807, 2.05) is 29.2 Å². The van der Waals surface area contributed by atoms with Gasteiger partial charge in [0.1, 0.15) is 5.75 Å². The smallest absolute Gasteiger partial charge is 0.228 e. The molecule has 1 aromatic heterocycles. The third-order valence-corrected chi connectivity index (χ3v) is 3.93.